The van der Waals surface area contributed by atoms with E-state index in [2.05, 4.69) is 18.3 Å². The largest absolute Gasteiger partial charge is 0.369 e. The third kappa shape index (κ3) is 6.71. The van der Waals surface area contributed by atoms with Crippen molar-refractivity contribution in [1.29, 1.82) is 0 Å². The number of nitrogens with two attached hydrogens (primary N) is 1. The Balaban J connectivity index is 1.73. The number of amides is 3. The van der Waals surface area contributed by atoms with Crippen LogP contribution in [0.1, 0.15) is 90.2 Å². The van der Waals surface area contributed by atoms with E-state index in [4.69, 9.17) is 5.73 Å². The number of nitrogens with zero attached hydrogens (tertiary/aromatic N) is 1. The Morgan fingerprint density at radius 2 is 1.64 bits per heavy atom. The first kappa shape index (κ1) is 28.8. The number of primary amides is 1. The Morgan fingerprint density at radius 3 is 2.31 bits per heavy atom. The highest BCUT2D eigenvalue weighted by Gasteiger charge is 2.39. The molecule has 39 heavy (non-hydrogen) atoms. The number of carbonyl (C=O) groups is 3. The molecule has 6 heteroatoms. The van der Waals surface area contributed by atoms with Gasteiger partial charge in [-0.3, -0.25) is 14.4 Å². The minimum atomic E-state index is -0.834. The molecule has 4 rings (SSSR count). The minimum absolute atomic E-state index is 0.112. The van der Waals surface area contributed by atoms with Crippen LogP contribution in [0.3, 0.4) is 0 Å². The highest BCUT2D eigenvalue weighted by molar-refractivity contribution is 6.06. The normalized spacial score (nSPS) is 19.1. The molecule has 3 N–H and O–H groups in total. The Labute approximate surface area is 233 Å². The fourth-order valence-electron chi connectivity index (χ4n) is 6.47. The van der Waals surface area contributed by atoms with Gasteiger partial charge in [-0.1, -0.05) is 95.3 Å². The third-order valence-corrected chi connectivity index (χ3v) is 8.50. The molecule has 1 heterocycles. The molecule has 0 saturated heterocycles. The van der Waals surface area contributed by atoms with Gasteiger partial charge in [-0.2, -0.15) is 0 Å². The zero-order chi connectivity index (χ0) is 27.9. The Hall–Kier alpha value is -3.15. The number of para-hydroxylation sites is 1. The van der Waals surface area contributed by atoms with Gasteiger partial charge in [0.2, 0.25) is 11.8 Å². The van der Waals surface area contributed by atoms with Crippen LogP contribution in [0.15, 0.2) is 48.5 Å². The second kappa shape index (κ2) is 13.3. The van der Waals surface area contributed by atoms with E-state index in [0.29, 0.717) is 25.3 Å². The smallest absolute Gasteiger partial charge is 0.254 e. The number of unbranched alkanes of at least 4 members (excludes halogenated alkanes) is 1. The lowest BCUT2D eigenvalue weighted by molar-refractivity contribution is -0.136. The van der Waals surface area contributed by atoms with E-state index in [1.54, 1.807) is 0 Å². The SMILES string of the molecule is CCCCC(C(N)=O)C(CC(C)C)C(=O)NC1C(=O)N(CC2CCCCC2)c2ccccc2-c2ccccc21. The Kier molecular flexibility index (Phi) is 9.82. The van der Waals surface area contributed by atoms with E-state index >= 15 is 0 Å². The van der Waals surface area contributed by atoms with Crippen LogP contribution in [0.2, 0.25) is 0 Å². The average molecular weight is 532 g/mol. The van der Waals surface area contributed by atoms with Crippen LogP contribution >= 0.6 is 0 Å². The molecular formula is C33H45N3O3. The number of fused-ring (bicyclic) bond motifs is 3. The molecule has 2 aromatic rings. The fourth-order valence-corrected chi connectivity index (χ4v) is 6.47. The van der Waals surface area contributed by atoms with Crippen LogP contribution in [-0.2, 0) is 14.4 Å². The maximum atomic E-state index is 14.4. The quantitative estimate of drug-likeness (QED) is 0.352. The lowest BCUT2D eigenvalue weighted by atomic mass is 9.81. The Bertz CT molecular complexity index is 1150. The lowest BCUT2D eigenvalue weighted by Crippen LogP contribution is -2.48. The van der Waals surface area contributed by atoms with E-state index in [-0.39, 0.29) is 17.7 Å². The van der Waals surface area contributed by atoms with Gasteiger partial charge in [0, 0.05) is 23.9 Å². The molecule has 0 aromatic heterocycles. The zero-order valence-electron chi connectivity index (χ0n) is 23.8. The van der Waals surface area contributed by atoms with Gasteiger partial charge in [0.05, 0.1) is 5.69 Å². The molecule has 2 aliphatic rings. The number of anilines is 1. The van der Waals surface area contributed by atoms with Crippen LogP contribution in [0, 0.1) is 23.7 Å². The van der Waals surface area contributed by atoms with Crippen LogP contribution in [0.4, 0.5) is 5.69 Å². The van der Waals surface area contributed by atoms with Crippen LogP contribution in [0.25, 0.3) is 11.1 Å². The molecule has 1 aliphatic carbocycles. The van der Waals surface area contributed by atoms with E-state index in [1.807, 2.05) is 61.2 Å². The van der Waals surface area contributed by atoms with Crippen molar-refractivity contribution in [2.45, 2.75) is 84.6 Å². The van der Waals surface area contributed by atoms with Crippen LogP contribution < -0.4 is 16.0 Å². The van der Waals surface area contributed by atoms with Gasteiger partial charge in [-0.05, 0) is 54.7 Å². The van der Waals surface area contributed by atoms with Gasteiger partial charge in [-0.15, -0.1) is 0 Å². The summed E-state index contributed by atoms with van der Waals surface area (Å²) in [4.78, 5) is 42.9. The summed E-state index contributed by atoms with van der Waals surface area (Å²) in [6.07, 6.45) is 8.72. The second-order valence-electron chi connectivity index (χ2n) is 11.9. The lowest BCUT2D eigenvalue weighted by Gasteiger charge is -2.33. The van der Waals surface area contributed by atoms with Crippen molar-refractivity contribution in [3.8, 4) is 11.1 Å². The standard InChI is InChI=1S/C33H45N3O3/c1-4-5-15-27(31(34)37)28(20-22(2)3)32(38)35-30-26-18-10-9-16-24(26)25-17-11-12-19-29(25)36(33(30)39)21-23-13-7-6-8-14-23/h9-12,16-19,22-23,27-28,30H,4-8,13-15,20-21H2,1-3H3,(H2,34,37)(H,35,38). The predicted octanol–water partition coefficient (Wildman–Crippen LogP) is 6.39. The van der Waals surface area contributed by atoms with E-state index in [0.717, 1.165) is 48.1 Å². The van der Waals surface area contributed by atoms with Gasteiger partial charge in [0.25, 0.3) is 5.91 Å². The molecule has 1 fully saturated rings. The van der Waals surface area contributed by atoms with Gasteiger partial charge >= 0.3 is 0 Å². The average Bonchev–Trinajstić information content (AvgIpc) is 3.02. The number of rotatable bonds is 11. The molecule has 1 aliphatic heterocycles. The van der Waals surface area contributed by atoms with Crippen molar-refractivity contribution in [2.75, 3.05) is 11.4 Å². The van der Waals surface area contributed by atoms with Crippen molar-refractivity contribution in [3.63, 3.8) is 0 Å². The molecule has 0 bridgehead atoms. The fraction of sp³-hybridized carbons (Fsp3) is 0.545. The van der Waals surface area contributed by atoms with Crippen molar-refractivity contribution in [1.82, 2.24) is 5.32 Å². The number of hydrogen-bond acceptors (Lipinski definition) is 3. The monoisotopic (exact) mass is 531 g/mol. The van der Waals surface area contributed by atoms with E-state index in [9.17, 15) is 14.4 Å². The summed E-state index contributed by atoms with van der Waals surface area (Å²) in [7, 11) is 0. The van der Waals surface area contributed by atoms with Gasteiger partial charge in [0.15, 0.2) is 0 Å². The summed E-state index contributed by atoms with van der Waals surface area (Å²) in [5.74, 6) is -1.31. The number of benzene rings is 2. The van der Waals surface area contributed by atoms with Crippen molar-refractivity contribution in [3.05, 3.63) is 54.1 Å². The Morgan fingerprint density at radius 1 is 0.974 bits per heavy atom. The zero-order valence-corrected chi connectivity index (χ0v) is 23.8. The van der Waals surface area contributed by atoms with E-state index < -0.39 is 23.8 Å². The first-order valence-corrected chi connectivity index (χ1v) is 14.9. The number of carbonyl (C=O) groups excluding carboxylic acids is 3. The van der Waals surface area contributed by atoms with Crippen molar-refractivity contribution in [2.24, 2.45) is 29.4 Å². The second-order valence-corrected chi connectivity index (χ2v) is 11.9. The van der Waals surface area contributed by atoms with E-state index in [1.165, 1.54) is 19.3 Å². The molecule has 3 amide bonds. The summed E-state index contributed by atoms with van der Waals surface area (Å²) in [6, 6.07) is 15.1. The topological polar surface area (TPSA) is 92.5 Å². The number of nitrogens with one attached hydrogen (secondary N) is 1. The molecule has 0 spiro atoms. The summed E-state index contributed by atoms with van der Waals surface area (Å²) in [5, 5.41) is 3.15. The minimum Gasteiger partial charge on any atom is -0.369 e. The predicted molar refractivity (Wildman–Crippen MR) is 157 cm³/mol. The van der Waals surface area contributed by atoms with Gasteiger partial charge in [0.1, 0.15) is 6.04 Å². The molecule has 3 unspecified atom stereocenters. The first-order valence-electron chi connectivity index (χ1n) is 14.9. The molecule has 0 radical (unpaired) electrons. The molecule has 2 aromatic carbocycles. The maximum Gasteiger partial charge on any atom is 0.254 e. The van der Waals surface area contributed by atoms with Crippen molar-refractivity contribution >= 4 is 23.4 Å². The van der Waals surface area contributed by atoms with Crippen LogP contribution in [-0.4, -0.2) is 24.3 Å². The molecule has 1 saturated carbocycles. The molecular weight excluding hydrogens is 486 g/mol. The van der Waals surface area contributed by atoms with Gasteiger partial charge < -0.3 is 16.0 Å². The molecule has 210 valence electrons. The van der Waals surface area contributed by atoms with Crippen LogP contribution in [0.5, 0.6) is 0 Å². The third-order valence-electron chi connectivity index (χ3n) is 8.50. The highest BCUT2D eigenvalue weighted by atomic mass is 16.2. The maximum absolute atomic E-state index is 14.4. The summed E-state index contributed by atoms with van der Waals surface area (Å²) in [5.41, 5.74) is 9.49. The summed E-state index contributed by atoms with van der Waals surface area (Å²) >= 11 is 0. The van der Waals surface area contributed by atoms with Crippen molar-refractivity contribution < 1.29 is 14.4 Å². The first-order chi connectivity index (χ1) is 18.8. The summed E-state index contributed by atoms with van der Waals surface area (Å²) < 4.78 is 0. The number of hydrogen-bond donors (Lipinski definition) is 2. The molecule has 3 atom stereocenters. The van der Waals surface area contributed by atoms with Gasteiger partial charge in [-0.25, -0.2) is 0 Å². The molecule has 6 nitrogen and oxygen atoms in total. The highest BCUT2D eigenvalue weighted by Crippen LogP contribution is 2.41. The summed E-state index contributed by atoms with van der Waals surface area (Å²) in [6.45, 7) is 6.81.